The van der Waals surface area contributed by atoms with Gasteiger partial charge < -0.3 is 15.3 Å². The van der Waals surface area contributed by atoms with E-state index in [1.165, 1.54) is 6.42 Å². The Bertz CT molecular complexity index is 1560. The van der Waals surface area contributed by atoms with E-state index in [4.69, 9.17) is 4.98 Å². The SMILES string of the molecule is CN(C)C(=O)c1cccc(-c2cccc(-c3nc(C(=O)NC4CCCCC4)cc4c3[C@@H](CCO)N([S@](=O)C(C)(C)C)C4)c2)c1. The molecule has 2 aromatic carbocycles. The normalized spacial score (nSPS) is 18.1. The van der Waals surface area contributed by atoms with Gasteiger partial charge in [-0.05, 0) is 81.0 Å². The summed E-state index contributed by atoms with van der Waals surface area (Å²) in [5.74, 6) is -0.265. The largest absolute Gasteiger partial charge is 0.396 e. The van der Waals surface area contributed by atoms with Crippen LogP contribution in [-0.2, 0) is 17.5 Å². The minimum atomic E-state index is -1.35. The van der Waals surface area contributed by atoms with Crippen LogP contribution in [-0.4, -0.2) is 66.8 Å². The lowest BCUT2D eigenvalue weighted by Gasteiger charge is -2.30. The molecule has 0 bridgehead atoms. The average Bonchev–Trinajstić information content (AvgIpc) is 3.38. The lowest BCUT2D eigenvalue weighted by Crippen LogP contribution is -2.36. The van der Waals surface area contributed by atoms with Gasteiger partial charge in [0.15, 0.2) is 0 Å². The fourth-order valence-electron chi connectivity index (χ4n) is 6.25. The van der Waals surface area contributed by atoms with E-state index in [1.54, 1.807) is 19.0 Å². The van der Waals surface area contributed by atoms with Gasteiger partial charge in [0, 0.05) is 50.0 Å². The van der Waals surface area contributed by atoms with Crippen molar-refractivity contribution in [2.75, 3.05) is 20.7 Å². The quantitative estimate of drug-likeness (QED) is 0.329. The Labute approximate surface area is 263 Å². The number of hydrogen-bond acceptors (Lipinski definition) is 5. The molecule has 234 valence electrons. The molecule has 2 heterocycles. The molecule has 2 aliphatic rings. The first kappa shape index (κ1) is 32.0. The van der Waals surface area contributed by atoms with Crippen molar-refractivity contribution >= 4 is 22.8 Å². The van der Waals surface area contributed by atoms with Crippen molar-refractivity contribution in [3.05, 3.63) is 77.0 Å². The summed E-state index contributed by atoms with van der Waals surface area (Å²) in [5, 5.41) is 13.3. The number of benzene rings is 2. The second-order valence-corrected chi connectivity index (χ2v) is 15.3. The topological polar surface area (TPSA) is 103 Å². The summed E-state index contributed by atoms with van der Waals surface area (Å²) in [6, 6.07) is 17.2. The molecule has 1 aliphatic carbocycles. The molecule has 9 heteroatoms. The van der Waals surface area contributed by atoms with Gasteiger partial charge in [0.05, 0.1) is 16.5 Å². The zero-order valence-corrected chi connectivity index (χ0v) is 27.2. The lowest BCUT2D eigenvalue weighted by atomic mass is 9.93. The minimum Gasteiger partial charge on any atom is -0.396 e. The summed E-state index contributed by atoms with van der Waals surface area (Å²) in [7, 11) is 2.12. The second kappa shape index (κ2) is 13.3. The third-order valence-corrected chi connectivity index (χ3v) is 10.3. The number of nitrogens with zero attached hydrogens (tertiary/aromatic N) is 3. The number of fused-ring (bicyclic) bond motifs is 1. The molecule has 44 heavy (non-hydrogen) atoms. The first-order valence-electron chi connectivity index (χ1n) is 15.5. The molecule has 2 N–H and O–H groups in total. The number of hydrogen-bond donors (Lipinski definition) is 2. The highest BCUT2D eigenvalue weighted by molar-refractivity contribution is 7.84. The Balaban J connectivity index is 1.61. The fraction of sp³-hybridized carbons (Fsp3) is 0.457. The second-order valence-electron chi connectivity index (χ2n) is 13.1. The maximum Gasteiger partial charge on any atom is 0.270 e. The van der Waals surface area contributed by atoms with Crippen LogP contribution < -0.4 is 5.32 Å². The smallest absolute Gasteiger partial charge is 0.270 e. The van der Waals surface area contributed by atoms with Gasteiger partial charge in [-0.2, -0.15) is 0 Å². The number of aromatic nitrogens is 1. The number of pyridine rings is 1. The molecule has 0 saturated heterocycles. The number of carbonyl (C=O) groups is 2. The summed E-state index contributed by atoms with van der Waals surface area (Å²) < 4.78 is 15.2. The van der Waals surface area contributed by atoms with Crippen molar-refractivity contribution in [3.63, 3.8) is 0 Å². The molecular weight excluding hydrogens is 572 g/mol. The van der Waals surface area contributed by atoms with Crippen LogP contribution >= 0.6 is 0 Å². The predicted octanol–water partition coefficient (Wildman–Crippen LogP) is 5.88. The Hall–Kier alpha value is -3.40. The van der Waals surface area contributed by atoms with Crippen molar-refractivity contribution in [2.24, 2.45) is 0 Å². The van der Waals surface area contributed by atoms with Crippen LogP contribution in [0.5, 0.6) is 0 Å². The average molecular weight is 617 g/mol. The molecule has 0 radical (unpaired) electrons. The molecule has 2 amide bonds. The molecule has 2 atom stereocenters. The van der Waals surface area contributed by atoms with E-state index in [-0.39, 0.29) is 30.5 Å². The van der Waals surface area contributed by atoms with Crippen molar-refractivity contribution < 1.29 is 18.9 Å². The minimum absolute atomic E-state index is 0.0713. The zero-order valence-electron chi connectivity index (χ0n) is 26.4. The van der Waals surface area contributed by atoms with E-state index < -0.39 is 15.7 Å². The van der Waals surface area contributed by atoms with Crippen LogP contribution in [0.4, 0.5) is 0 Å². The molecule has 1 saturated carbocycles. The highest BCUT2D eigenvalue weighted by Crippen LogP contribution is 2.44. The van der Waals surface area contributed by atoms with Gasteiger partial charge in [-0.1, -0.05) is 49.6 Å². The van der Waals surface area contributed by atoms with Crippen LogP contribution in [0.25, 0.3) is 22.4 Å². The van der Waals surface area contributed by atoms with E-state index >= 15 is 0 Å². The summed E-state index contributed by atoms with van der Waals surface area (Å²) >= 11 is 0. The van der Waals surface area contributed by atoms with E-state index in [0.29, 0.717) is 29.9 Å². The van der Waals surface area contributed by atoms with Crippen molar-refractivity contribution in [1.29, 1.82) is 0 Å². The maximum absolute atomic E-state index is 13.7. The number of carbonyl (C=O) groups excluding carboxylic acids is 2. The van der Waals surface area contributed by atoms with Gasteiger partial charge in [0.2, 0.25) is 0 Å². The Kier molecular flexibility index (Phi) is 9.68. The molecule has 1 aromatic heterocycles. The van der Waals surface area contributed by atoms with Crippen LogP contribution in [0, 0.1) is 0 Å². The number of aliphatic hydroxyl groups excluding tert-OH is 1. The van der Waals surface area contributed by atoms with Crippen molar-refractivity contribution in [2.45, 2.75) is 82.7 Å². The molecule has 5 rings (SSSR count). The van der Waals surface area contributed by atoms with E-state index in [2.05, 4.69) is 5.32 Å². The molecule has 0 unspecified atom stereocenters. The molecule has 0 spiro atoms. The molecule has 1 fully saturated rings. The van der Waals surface area contributed by atoms with Gasteiger partial charge in [-0.3, -0.25) is 9.59 Å². The van der Waals surface area contributed by atoms with Crippen molar-refractivity contribution in [3.8, 4) is 22.4 Å². The van der Waals surface area contributed by atoms with Gasteiger partial charge in [-0.25, -0.2) is 13.5 Å². The summed E-state index contributed by atoms with van der Waals surface area (Å²) in [4.78, 5) is 32.8. The number of nitrogens with one attached hydrogen (secondary N) is 1. The number of rotatable bonds is 8. The summed E-state index contributed by atoms with van der Waals surface area (Å²) in [6.07, 6.45) is 5.75. The van der Waals surface area contributed by atoms with Crippen LogP contribution in [0.1, 0.15) is 97.3 Å². The number of aliphatic hydroxyl groups is 1. The third-order valence-electron chi connectivity index (χ3n) is 8.45. The predicted molar refractivity (Wildman–Crippen MR) is 175 cm³/mol. The molecule has 8 nitrogen and oxygen atoms in total. The highest BCUT2D eigenvalue weighted by Gasteiger charge is 2.40. The van der Waals surface area contributed by atoms with Crippen LogP contribution in [0.2, 0.25) is 0 Å². The summed E-state index contributed by atoms with van der Waals surface area (Å²) in [5.41, 5.74) is 6.04. The molecule has 1 aliphatic heterocycles. The highest BCUT2D eigenvalue weighted by atomic mass is 32.2. The Morgan fingerprint density at radius 1 is 1.00 bits per heavy atom. The standard InChI is InChI=1S/C35H44N4O4S/c1-35(2,3)44(43)39-22-27-21-29(33(41)36-28-15-7-6-8-16-28)37-32(31(27)30(39)17-18-40)25-13-9-11-23(19-25)24-12-10-14-26(20-24)34(42)38(4)5/h9-14,19-21,28,30,40H,6-8,15-18,22H2,1-5H3,(H,36,41)/t30-,44-/m1/s1. The third kappa shape index (κ3) is 6.80. The van der Waals surface area contributed by atoms with Gasteiger partial charge in [0.1, 0.15) is 16.7 Å². The Morgan fingerprint density at radius 2 is 1.66 bits per heavy atom. The number of amides is 2. The lowest BCUT2D eigenvalue weighted by molar-refractivity contribution is 0.0827. The molecular formula is C35H44N4O4S. The van der Waals surface area contributed by atoms with E-state index in [0.717, 1.165) is 53.5 Å². The first-order valence-corrected chi connectivity index (χ1v) is 16.6. The molecule has 3 aromatic rings. The van der Waals surface area contributed by atoms with E-state index in [1.807, 2.05) is 79.7 Å². The Morgan fingerprint density at radius 3 is 2.32 bits per heavy atom. The van der Waals surface area contributed by atoms with Crippen LogP contribution in [0.3, 0.4) is 0 Å². The van der Waals surface area contributed by atoms with Crippen molar-refractivity contribution in [1.82, 2.24) is 19.5 Å². The fourth-order valence-corrected chi connectivity index (χ4v) is 7.65. The maximum atomic E-state index is 13.7. The van der Waals surface area contributed by atoms with Gasteiger partial charge >= 0.3 is 0 Å². The summed E-state index contributed by atoms with van der Waals surface area (Å²) in [6.45, 7) is 6.17. The monoisotopic (exact) mass is 616 g/mol. The zero-order chi connectivity index (χ0) is 31.6. The van der Waals surface area contributed by atoms with Crippen LogP contribution in [0.15, 0.2) is 54.6 Å². The first-order chi connectivity index (χ1) is 21.0. The van der Waals surface area contributed by atoms with E-state index in [9.17, 15) is 18.9 Å². The van der Waals surface area contributed by atoms with Gasteiger partial charge in [0.25, 0.3) is 11.8 Å². The van der Waals surface area contributed by atoms with Gasteiger partial charge in [-0.15, -0.1) is 0 Å².